The van der Waals surface area contributed by atoms with Crippen LogP contribution in [0.3, 0.4) is 0 Å². The third kappa shape index (κ3) is 5.33. The van der Waals surface area contributed by atoms with Crippen LogP contribution in [0.15, 0.2) is 24.3 Å². The number of hydrogen-bond acceptors (Lipinski definition) is 5. The second kappa shape index (κ2) is 8.34. The monoisotopic (exact) mass is 285 g/mol. The third-order valence-electron chi connectivity index (χ3n) is 2.64. The average molecular weight is 285 g/mol. The second-order valence-corrected chi connectivity index (χ2v) is 4.23. The van der Waals surface area contributed by atoms with Crippen molar-refractivity contribution in [2.24, 2.45) is 0 Å². The Morgan fingerprint density at radius 1 is 1.10 bits per heavy atom. The van der Waals surface area contributed by atoms with Crippen molar-refractivity contribution in [1.82, 2.24) is 4.90 Å². The van der Waals surface area contributed by atoms with Gasteiger partial charge in [0.25, 0.3) is 5.91 Å². The van der Waals surface area contributed by atoms with Crippen LogP contribution in [-0.4, -0.2) is 29.9 Å². The molecule has 1 rings (SSSR count). The summed E-state index contributed by atoms with van der Waals surface area (Å²) >= 11 is 0. The van der Waals surface area contributed by atoms with E-state index in [0.29, 0.717) is 11.3 Å². The van der Waals surface area contributed by atoms with Crippen molar-refractivity contribution in [3.8, 4) is 17.9 Å². The molecule has 1 aromatic rings. The quantitative estimate of drug-likeness (QED) is 0.587. The van der Waals surface area contributed by atoms with Gasteiger partial charge in [0.1, 0.15) is 5.75 Å². The van der Waals surface area contributed by atoms with Gasteiger partial charge in [0.2, 0.25) is 0 Å². The number of carbonyl (C=O) groups excluding carboxylic acids is 2. The minimum Gasteiger partial charge on any atom is -0.427 e. The van der Waals surface area contributed by atoms with Gasteiger partial charge in [-0.2, -0.15) is 10.5 Å². The van der Waals surface area contributed by atoms with Gasteiger partial charge in [0.05, 0.1) is 25.0 Å². The van der Waals surface area contributed by atoms with Crippen LogP contribution in [0, 0.1) is 22.7 Å². The van der Waals surface area contributed by atoms with E-state index in [2.05, 4.69) is 0 Å². The minimum atomic E-state index is -0.432. The molecule has 0 bridgehead atoms. The van der Waals surface area contributed by atoms with E-state index < -0.39 is 5.97 Å². The highest BCUT2D eigenvalue weighted by Crippen LogP contribution is 2.14. The molecule has 108 valence electrons. The van der Waals surface area contributed by atoms with Crippen molar-refractivity contribution in [2.45, 2.75) is 19.8 Å². The highest BCUT2D eigenvalue weighted by atomic mass is 16.5. The first-order chi connectivity index (χ1) is 10.1. The van der Waals surface area contributed by atoms with Gasteiger partial charge in [0, 0.05) is 25.6 Å². The van der Waals surface area contributed by atoms with Crippen molar-refractivity contribution in [2.75, 3.05) is 13.1 Å². The van der Waals surface area contributed by atoms with E-state index in [1.807, 2.05) is 12.1 Å². The molecule has 0 aliphatic carbocycles. The highest BCUT2D eigenvalue weighted by Gasteiger charge is 2.15. The van der Waals surface area contributed by atoms with Crippen LogP contribution < -0.4 is 4.74 Å². The molecule has 0 heterocycles. The van der Waals surface area contributed by atoms with Crippen LogP contribution in [0.2, 0.25) is 0 Å². The van der Waals surface area contributed by atoms with Gasteiger partial charge in [-0.3, -0.25) is 9.59 Å². The fourth-order valence-corrected chi connectivity index (χ4v) is 1.70. The Kier molecular flexibility index (Phi) is 6.43. The van der Waals surface area contributed by atoms with E-state index in [4.69, 9.17) is 15.3 Å². The Bertz CT molecular complexity index is 564. The lowest BCUT2D eigenvalue weighted by molar-refractivity contribution is -0.131. The zero-order valence-corrected chi connectivity index (χ0v) is 11.7. The molecule has 6 nitrogen and oxygen atoms in total. The van der Waals surface area contributed by atoms with Gasteiger partial charge < -0.3 is 9.64 Å². The molecule has 0 saturated heterocycles. The SMILES string of the molecule is CC(=O)Oc1ccc(C(=O)N(CCC#N)CCC#N)cc1. The summed E-state index contributed by atoms with van der Waals surface area (Å²) in [6.45, 7) is 1.86. The Morgan fingerprint density at radius 3 is 2.05 bits per heavy atom. The Hall–Kier alpha value is -2.86. The fourth-order valence-electron chi connectivity index (χ4n) is 1.70. The van der Waals surface area contributed by atoms with Crippen LogP contribution in [-0.2, 0) is 4.79 Å². The lowest BCUT2D eigenvalue weighted by Gasteiger charge is -2.20. The number of amides is 1. The van der Waals surface area contributed by atoms with Gasteiger partial charge in [-0.15, -0.1) is 0 Å². The van der Waals surface area contributed by atoms with Gasteiger partial charge in [0.15, 0.2) is 0 Å². The summed E-state index contributed by atoms with van der Waals surface area (Å²) in [6.07, 6.45) is 0.422. The second-order valence-electron chi connectivity index (χ2n) is 4.23. The normalized spacial score (nSPS) is 9.29. The van der Waals surface area contributed by atoms with Gasteiger partial charge >= 0.3 is 5.97 Å². The van der Waals surface area contributed by atoms with Crippen molar-refractivity contribution in [3.05, 3.63) is 29.8 Å². The maximum absolute atomic E-state index is 12.3. The summed E-state index contributed by atoms with van der Waals surface area (Å²) < 4.78 is 4.89. The fraction of sp³-hybridized carbons (Fsp3) is 0.333. The summed E-state index contributed by atoms with van der Waals surface area (Å²) in [4.78, 5) is 24.6. The zero-order valence-electron chi connectivity index (χ0n) is 11.7. The summed E-state index contributed by atoms with van der Waals surface area (Å²) in [5, 5.41) is 17.2. The summed E-state index contributed by atoms with van der Waals surface area (Å²) in [5.74, 6) is -0.326. The lowest BCUT2D eigenvalue weighted by atomic mass is 10.2. The first kappa shape index (κ1) is 16.2. The van der Waals surface area contributed by atoms with Crippen LogP contribution in [0.1, 0.15) is 30.1 Å². The van der Waals surface area contributed by atoms with E-state index in [0.717, 1.165) is 0 Å². The first-order valence-electron chi connectivity index (χ1n) is 6.40. The number of ether oxygens (including phenoxy) is 1. The topological polar surface area (TPSA) is 94.2 Å². The van der Waals surface area contributed by atoms with Crippen molar-refractivity contribution in [1.29, 1.82) is 10.5 Å². The number of hydrogen-bond donors (Lipinski definition) is 0. The zero-order chi connectivity index (χ0) is 15.7. The smallest absolute Gasteiger partial charge is 0.308 e. The Labute approximate surface area is 123 Å². The van der Waals surface area contributed by atoms with Crippen LogP contribution in [0.5, 0.6) is 5.75 Å². The van der Waals surface area contributed by atoms with E-state index in [1.165, 1.54) is 24.0 Å². The van der Waals surface area contributed by atoms with E-state index in [9.17, 15) is 9.59 Å². The third-order valence-corrected chi connectivity index (χ3v) is 2.64. The van der Waals surface area contributed by atoms with Crippen LogP contribution >= 0.6 is 0 Å². The minimum absolute atomic E-state index is 0.211. The number of nitriles is 2. The molecule has 0 unspecified atom stereocenters. The molecule has 0 aliphatic heterocycles. The predicted molar refractivity (Wildman–Crippen MR) is 74.1 cm³/mol. The molecule has 0 spiro atoms. The Balaban J connectivity index is 2.80. The number of benzene rings is 1. The lowest BCUT2D eigenvalue weighted by Crippen LogP contribution is -2.32. The van der Waals surface area contributed by atoms with Crippen molar-refractivity contribution < 1.29 is 14.3 Å². The van der Waals surface area contributed by atoms with E-state index in [1.54, 1.807) is 12.1 Å². The molecule has 0 aromatic heterocycles. The Morgan fingerprint density at radius 2 is 1.62 bits per heavy atom. The molecule has 0 saturated carbocycles. The van der Waals surface area contributed by atoms with Gasteiger partial charge in [-0.1, -0.05) is 0 Å². The molecule has 21 heavy (non-hydrogen) atoms. The summed E-state index contributed by atoms with van der Waals surface area (Å²) in [5.41, 5.74) is 0.418. The molecule has 0 aliphatic rings. The molecule has 0 N–H and O–H groups in total. The van der Waals surface area contributed by atoms with E-state index >= 15 is 0 Å². The standard InChI is InChI=1S/C15H15N3O3/c1-12(19)21-14-6-4-13(5-7-14)15(20)18(10-2-8-16)11-3-9-17/h4-7H,2-3,10-11H2,1H3. The van der Waals surface area contributed by atoms with Gasteiger partial charge in [-0.25, -0.2) is 0 Å². The average Bonchev–Trinajstić information content (AvgIpc) is 2.47. The van der Waals surface area contributed by atoms with Crippen LogP contribution in [0.25, 0.3) is 0 Å². The predicted octanol–water partition coefficient (Wildman–Crippen LogP) is 1.88. The molecular weight excluding hydrogens is 270 g/mol. The van der Waals surface area contributed by atoms with Crippen molar-refractivity contribution >= 4 is 11.9 Å². The molecule has 6 heteroatoms. The summed E-state index contributed by atoms with van der Waals surface area (Å²) in [7, 11) is 0. The number of esters is 1. The van der Waals surface area contributed by atoms with Crippen molar-refractivity contribution in [3.63, 3.8) is 0 Å². The molecule has 1 amide bonds. The molecule has 0 atom stereocenters. The number of rotatable bonds is 6. The number of nitrogens with zero attached hydrogens (tertiary/aromatic N) is 3. The molecule has 1 aromatic carbocycles. The summed E-state index contributed by atoms with van der Waals surface area (Å²) in [6, 6.07) is 10.1. The molecule has 0 radical (unpaired) electrons. The highest BCUT2D eigenvalue weighted by molar-refractivity contribution is 5.94. The maximum atomic E-state index is 12.3. The van der Waals surface area contributed by atoms with Gasteiger partial charge in [-0.05, 0) is 24.3 Å². The number of carbonyl (C=O) groups is 2. The molecule has 0 fully saturated rings. The largest absolute Gasteiger partial charge is 0.427 e. The van der Waals surface area contributed by atoms with Crippen LogP contribution in [0.4, 0.5) is 0 Å². The van der Waals surface area contributed by atoms with E-state index in [-0.39, 0.29) is 31.8 Å². The first-order valence-corrected chi connectivity index (χ1v) is 6.40. The molecular formula is C15H15N3O3. The maximum Gasteiger partial charge on any atom is 0.308 e.